The zero-order valence-electron chi connectivity index (χ0n) is 10.7. The number of thioether (sulfide) groups is 1. The van der Waals surface area contributed by atoms with E-state index in [2.05, 4.69) is 24.2 Å². The first-order valence-corrected chi connectivity index (χ1v) is 7.13. The summed E-state index contributed by atoms with van der Waals surface area (Å²) in [6.07, 6.45) is 4.61. The van der Waals surface area contributed by atoms with Crippen LogP contribution >= 0.6 is 11.8 Å². The number of ether oxygens (including phenoxy) is 1. The van der Waals surface area contributed by atoms with Gasteiger partial charge in [0, 0.05) is 31.6 Å². The molecule has 0 saturated carbocycles. The molecule has 0 aromatic carbocycles. The molecule has 0 radical (unpaired) electrons. The lowest BCUT2D eigenvalue weighted by atomic mass is 9.96. The Morgan fingerprint density at radius 2 is 2.31 bits per heavy atom. The van der Waals surface area contributed by atoms with Crippen LogP contribution in [0.1, 0.15) is 39.5 Å². The van der Waals surface area contributed by atoms with Crippen molar-refractivity contribution in [1.82, 2.24) is 5.32 Å². The van der Waals surface area contributed by atoms with E-state index in [0.717, 1.165) is 37.6 Å². The summed E-state index contributed by atoms with van der Waals surface area (Å²) in [5.41, 5.74) is 0.261. The topological polar surface area (TPSA) is 33.6 Å². The van der Waals surface area contributed by atoms with Crippen molar-refractivity contribution in [2.45, 2.75) is 45.1 Å². The summed E-state index contributed by atoms with van der Waals surface area (Å²) < 4.78 is 5.02. The quantitative estimate of drug-likeness (QED) is 0.729. The highest BCUT2D eigenvalue weighted by Gasteiger charge is 2.27. The average Bonchev–Trinajstić information content (AvgIpc) is 2.29. The van der Waals surface area contributed by atoms with Crippen LogP contribution in [0.3, 0.4) is 0 Å². The summed E-state index contributed by atoms with van der Waals surface area (Å²) in [7, 11) is 1.75. The fraction of sp³-hybridized carbons (Fsp3) is 0.917. The zero-order valence-corrected chi connectivity index (χ0v) is 11.5. The maximum atomic E-state index is 5.02. The van der Waals surface area contributed by atoms with E-state index < -0.39 is 0 Å². The van der Waals surface area contributed by atoms with Gasteiger partial charge in [0.1, 0.15) is 0 Å². The number of nitrogens with one attached hydrogen (secondary N) is 1. The normalized spacial score (nSPS) is 28.1. The van der Waals surface area contributed by atoms with Gasteiger partial charge in [-0.25, -0.2) is 0 Å². The minimum Gasteiger partial charge on any atom is -0.385 e. The minimum atomic E-state index is 0.261. The number of aliphatic imine (C=N–C) groups is 1. The van der Waals surface area contributed by atoms with Crippen molar-refractivity contribution in [1.29, 1.82) is 0 Å². The molecule has 0 aliphatic carbocycles. The SMILES string of the molecule is CCC1(C)CCSC(=NCCCCOC)N1. The number of unbranched alkanes of at least 4 members (excludes halogenated alkanes) is 1. The van der Waals surface area contributed by atoms with Gasteiger partial charge < -0.3 is 10.1 Å². The highest BCUT2D eigenvalue weighted by Crippen LogP contribution is 2.24. The number of hydrogen-bond donors (Lipinski definition) is 1. The first kappa shape index (κ1) is 13.8. The van der Waals surface area contributed by atoms with Crippen molar-refractivity contribution in [3.8, 4) is 0 Å². The molecule has 0 aromatic rings. The van der Waals surface area contributed by atoms with Crippen LogP contribution in [0.2, 0.25) is 0 Å². The Hall–Kier alpha value is -0.220. The molecule has 1 unspecified atom stereocenters. The van der Waals surface area contributed by atoms with Crippen LogP contribution in [0.15, 0.2) is 4.99 Å². The largest absolute Gasteiger partial charge is 0.385 e. The van der Waals surface area contributed by atoms with Gasteiger partial charge in [-0.15, -0.1) is 0 Å². The standard InChI is InChI=1S/C12H24N2OS/c1-4-12(2)7-10-16-11(14-12)13-8-5-6-9-15-3/h4-10H2,1-3H3,(H,13,14). The van der Waals surface area contributed by atoms with Crippen molar-refractivity contribution >= 4 is 16.9 Å². The second-order valence-electron chi connectivity index (χ2n) is 4.52. The Bertz CT molecular complexity index is 233. The molecule has 1 aliphatic rings. The van der Waals surface area contributed by atoms with E-state index in [4.69, 9.17) is 4.74 Å². The fourth-order valence-corrected chi connectivity index (χ4v) is 2.87. The lowest BCUT2D eigenvalue weighted by Crippen LogP contribution is -2.48. The Balaban J connectivity index is 2.27. The number of hydrogen-bond acceptors (Lipinski definition) is 3. The van der Waals surface area contributed by atoms with Crippen LogP contribution < -0.4 is 5.32 Å². The van der Waals surface area contributed by atoms with Crippen molar-refractivity contribution in [2.24, 2.45) is 4.99 Å². The van der Waals surface area contributed by atoms with Crippen LogP contribution in [-0.4, -0.2) is 36.7 Å². The van der Waals surface area contributed by atoms with Crippen LogP contribution in [0.4, 0.5) is 0 Å². The number of nitrogens with zero attached hydrogens (tertiary/aromatic N) is 1. The predicted octanol–water partition coefficient (Wildman–Crippen LogP) is 2.66. The van der Waals surface area contributed by atoms with E-state index in [-0.39, 0.29) is 5.54 Å². The molecule has 0 aromatic heterocycles. The molecule has 0 spiro atoms. The van der Waals surface area contributed by atoms with Gasteiger partial charge in [0.15, 0.2) is 5.17 Å². The average molecular weight is 244 g/mol. The van der Waals surface area contributed by atoms with Gasteiger partial charge in [-0.05, 0) is 32.6 Å². The smallest absolute Gasteiger partial charge is 0.156 e. The lowest BCUT2D eigenvalue weighted by Gasteiger charge is -2.35. The summed E-state index contributed by atoms with van der Waals surface area (Å²) >= 11 is 1.85. The third kappa shape index (κ3) is 4.74. The van der Waals surface area contributed by atoms with Crippen molar-refractivity contribution in [3.63, 3.8) is 0 Å². The molecule has 1 rings (SSSR count). The molecule has 0 bridgehead atoms. The molecule has 16 heavy (non-hydrogen) atoms. The second-order valence-corrected chi connectivity index (χ2v) is 5.61. The van der Waals surface area contributed by atoms with Crippen molar-refractivity contribution < 1.29 is 4.74 Å². The summed E-state index contributed by atoms with van der Waals surface area (Å²) in [5.74, 6) is 1.19. The highest BCUT2D eigenvalue weighted by atomic mass is 32.2. The number of amidine groups is 1. The molecular formula is C12H24N2OS. The minimum absolute atomic E-state index is 0.261. The number of rotatable bonds is 6. The third-order valence-electron chi connectivity index (χ3n) is 3.09. The van der Waals surface area contributed by atoms with E-state index in [1.54, 1.807) is 7.11 Å². The summed E-state index contributed by atoms with van der Waals surface area (Å²) in [6.45, 7) is 6.28. The maximum absolute atomic E-state index is 5.02. The lowest BCUT2D eigenvalue weighted by molar-refractivity contribution is 0.193. The van der Waals surface area contributed by atoms with Crippen LogP contribution in [0, 0.1) is 0 Å². The third-order valence-corrected chi connectivity index (χ3v) is 4.01. The van der Waals surface area contributed by atoms with E-state index >= 15 is 0 Å². The van der Waals surface area contributed by atoms with Crippen molar-refractivity contribution in [3.05, 3.63) is 0 Å². The first-order valence-electron chi connectivity index (χ1n) is 6.14. The Labute approximate surface area is 103 Å². The summed E-state index contributed by atoms with van der Waals surface area (Å²) in [6, 6.07) is 0. The van der Waals surface area contributed by atoms with Gasteiger partial charge in [0.2, 0.25) is 0 Å². The van der Waals surface area contributed by atoms with E-state index in [1.807, 2.05) is 11.8 Å². The summed E-state index contributed by atoms with van der Waals surface area (Å²) in [5, 5.41) is 4.68. The molecule has 1 aliphatic heterocycles. The van der Waals surface area contributed by atoms with Gasteiger partial charge in [-0.2, -0.15) is 0 Å². The van der Waals surface area contributed by atoms with E-state index in [1.165, 1.54) is 12.2 Å². The maximum Gasteiger partial charge on any atom is 0.156 e. The van der Waals surface area contributed by atoms with Gasteiger partial charge >= 0.3 is 0 Å². The molecule has 1 atom stereocenters. The Morgan fingerprint density at radius 1 is 1.50 bits per heavy atom. The van der Waals surface area contributed by atoms with Gasteiger partial charge in [-0.1, -0.05) is 18.7 Å². The predicted molar refractivity (Wildman–Crippen MR) is 72.3 cm³/mol. The number of methoxy groups -OCH3 is 1. The molecule has 0 amide bonds. The van der Waals surface area contributed by atoms with Gasteiger partial charge in [0.25, 0.3) is 0 Å². The van der Waals surface area contributed by atoms with Crippen LogP contribution in [-0.2, 0) is 4.74 Å². The van der Waals surface area contributed by atoms with Gasteiger partial charge in [0.05, 0.1) is 0 Å². The summed E-state index contributed by atoms with van der Waals surface area (Å²) in [4.78, 5) is 4.61. The fourth-order valence-electron chi connectivity index (χ4n) is 1.62. The zero-order chi connectivity index (χ0) is 11.9. The van der Waals surface area contributed by atoms with Crippen LogP contribution in [0.5, 0.6) is 0 Å². The van der Waals surface area contributed by atoms with Crippen molar-refractivity contribution in [2.75, 3.05) is 26.0 Å². The molecule has 4 heteroatoms. The second kappa shape index (κ2) is 7.17. The molecule has 1 saturated heterocycles. The van der Waals surface area contributed by atoms with E-state index in [9.17, 15) is 0 Å². The monoisotopic (exact) mass is 244 g/mol. The molecular weight excluding hydrogens is 220 g/mol. The Kier molecular flexibility index (Phi) is 6.21. The molecule has 1 fully saturated rings. The molecule has 1 heterocycles. The molecule has 1 N–H and O–H groups in total. The van der Waals surface area contributed by atoms with Crippen LogP contribution in [0.25, 0.3) is 0 Å². The van der Waals surface area contributed by atoms with E-state index in [0.29, 0.717) is 0 Å². The highest BCUT2D eigenvalue weighted by molar-refractivity contribution is 8.13. The first-order chi connectivity index (χ1) is 7.70. The molecule has 94 valence electrons. The Morgan fingerprint density at radius 3 is 3.00 bits per heavy atom. The molecule has 3 nitrogen and oxygen atoms in total. The van der Waals surface area contributed by atoms with Gasteiger partial charge in [-0.3, -0.25) is 4.99 Å².